The third-order valence-electron chi connectivity index (χ3n) is 4.50. The van der Waals surface area contributed by atoms with Crippen LogP contribution in [-0.2, 0) is 19.2 Å². The maximum absolute atomic E-state index is 12.7. The second-order valence-electron chi connectivity index (χ2n) is 6.97. The summed E-state index contributed by atoms with van der Waals surface area (Å²) in [6, 6.07) is -3.46. The van der Waals surface area contributed by atoms with Crippen molar-refractivity contribution in [1.82, 2.24) is 21.3 Å². The fourth-order valence-corrected chi connectivity index (χ4v) is 3.06. The molecule has 0 aliphatic carbocycles. The first-order valence-electron chi connectivity index (χ1n) is 9.69. The predicted octanol–water partition coefficient (Wildman–Crippen LogP) is -2.72. The van der Waals surface area contributed by atoms with Crippen LogP contribution in [0.5, 0.6) is 0 Å². The van der Waals surface area contributed by atoms with E-state index < -0.39 is 35.9 Å². The van der Waals surface area contributed by atoms with Crippen LogP contribution in [0.1, 0.15) is 32.6 Å². The Morgan fingerprint density at radius 1 is 1.17 bits per heavy atom. The number of carboxylic acid groups (broad SMARTS) is 1. The molecule has 1 heterocycles. The minimum atomic E-state index is -1.23. The van der Waals surface area contributed by atoms with Crippen LogP contribution in [0.2, 0.25) is 0 Å². The number of amides is 3. The number of aliphatic carboxylic acids is 1. The maximum atomic E-state index is 12.7. The van der Waals surface area contributed by atoms with E-state index in [0.29, 0.717) is 12.8 Å². The van der Waals surface area contributed by atoms with Crippen LogP contribution in [-0.4, -0.2) is 77.8 Å². The summed E-state index contributed by atoms with van der Waals surface area (Å²) in [5.41, 5.74) is 10.6. The zero-order valence-corrected chi connectivity index (χ0v) is 17.8. The van der Waals surface area contributed by atoms with Crippen LogP contribution in [0.4, 0.5) is 0 Å². The molecule has 13 heteroatoms. The third-order valence-corrected chi connectivity index (χ3v) is 4.87. The lowest BCUT2D eigenvalue weighted by molar-refractivity contribution is -0.141. The second kappa shape index (κ2) is 12.9. The molecule has 1 rings (SSSR count). The molecule has 1 saturated heterocycles. The second-order valence-corrected chi connectivity index (χ2v) is 7.34. The highest BCUT2D eigenvalue weighted by Crippen LogP contribution is 2.07. The van der Waals surface area contributed by atoms with Crippen LogP contribution in [0.3, 0.4) is 0 Å². The van der Waals surface area contributed by atoms with Gasteiger partial charge in [0, 0.05) is 12.3 Å². The number of carbonyl (C=O) groups excluding carboxylic acids is 3. The van der Waals surface area contributed by atoms with E-state index in [2.05, 4.69) is 38.9 Å². The number of rotatable bonds is 12. The number of carbonyl (C=O) groups is 4. The van der Waals surface area contributed by atoms with Gasteiger partial charge >= 0.3 is 5.97 Å². The van der Waals surface area contributed by atoms with E-state index in [-0.39, 0.29) is 36.6 Å². The molecule has 3 amide bonds. The number of guanidine groups is 1. The van der Waals surface area contributed by atoms with Crippen molar-refractivity contribution in [1.29, 1.82) is 0 Å². The average Bonchev–Trinajstić information content (AvgIpc) is 3.22. The predicted molar refractivity (Wildman–Crippen MR) is 114 cm³/mol. The largest absolute Gasteiger partial charge is 0.480 e. The molecule has 1 aliphatic heterocycles. The molecule has 0 saturated carbocycles. The smallest absolute Gasteiger partial charge is 0.327 e. The van der Waals surface area contributed by atoms with Crippen molar-refractivity contribution in [3.05, 3.63) is 0 Å². The number of aliphatic imine (C=N–C) groups is 1. The van der Waals surface area contributed by atoms with Crippen LogP contribution in [0.25, 0.3) is 0 Å². The molecular weight excluding hydrogens is 414 g/mol. The van der Waals surface area contributed by atoms with Gasteiger partial charge in [-0.2, -0.15) is 12.6 Å². The summed E-state index contributed by atoms with van der Waals surface area (Å²) in [5, 5.41) is 19.5. The Balaban J connectivity index is 2.71. The van der Waals surface area contributed by atoms with Gasteiger partial charge in [-0.3, -0.25) is 19.4 Å². The molecular formula is C17H31N7O5S. The minimum Gasteiger partial charge on any atom is -0.480 e. The van der Waals surface area contributed by atoms with Gasteiger partial charge in [-0.1, -0.05) is 0 Å². The molecule has 170 valence electrons. The van der Waals surface area contributed by atoms with Crippen LogP contribution >= 0.6 is 12.6 Å². The summed E-state index contributed by atoms with van der Waals surface area (Å²) in [6.07, 6.45) is 2.22. The standard InChI is InChI=1S/C17H31N7O5S/c1-9(13(25)24-12(8-30)16(28)29)22-15(27)11(5-3-7-21-17(18)19)23-14(26)10-4-2-6-20-10/h9-12,20,30H,2-8H2,1H3,(H,22,27)(H,23,26)(H,24,25)(H,28,29)(H4,18,19,21). The average molecular weight is 446 g/mol. The van der Waals surface area contributed by atoms with Gasteiger partial charge in [0.15, 0.2) is 5.96 Å². The molecule has 4 atom stereocenters. The number of nitrogens with zero attached hydrogens (tertiary/aromatic N) is 1. The number of thiol groups is 1. The fourth-order valence-electron chi connectivity index (χ4n) is 2.81. The van der Waals surface area contributed by atoms with E-state index in [9.17, 15) is 19.2 Å². The molecule has 0 aromatic carbocycles. The quantitative estimate of drug-likeness (QED) is 0.0685. The summed E-state index contributed by atoms with van der Waals surface area (Å²) in [7, 11) is 0. The molecule has 0 bridgehead atoms. The molecule has 0 spiro atoms. The molecule has 4 unspecified atom stereocenters. The normalized spacial score (nSPS) is 18.5. The Kier molecular flexibility index (Phi) is 11.0. The minimum absolute atomic E-state index is 0.0716. The van der Waals surface area contributed by atoms with Crippen molar-refractivity contribution in [3.63, 3.8) is 0 Å². The van der Waals surface area contributed by atoms with E-state index in [4.69, 9.17) is 16.6 Å². The van der Waals surface area contributed by atoms with E-state index in [1.807, 2.05) is 0 Å². The van der Waals surface area contributed by atoms with Gasteiger partial charge in [0.2, 0.25) is 17.7 Å². The zero-order chi connectivity index (χ0) is 22.7. The van der Waals surface area contributed by atoms with Crippen molar-refractivity contribution >= 4 is 42.3 Å². The Hall–Kier alpha value is -2.54. The summed E-state index contributed by atoms with van der Waals surface area (Å²) in [4.78, 5) is 52.1. The third kappa shape index (κ3) is 8.86. The van der Waals surface area contributed by atoms with Gasteiger partial charge in [-0.25, -0.2) is 4.79 Å². The van der Waals surface area contributed by atoms with Gasteiger partial charge in [0.1, 0.15) is 18.1 Å². The highest BCUT2D eigenvalue weighted by Gasteiger charge is 2.29. The number of hydrogen-bond acceptors (Lipinski definition) is 7. The molecule has 0 aromatic heterocycles. The SMILES string of the molecule is CC(NC(=O)C(CCCN=C(N)N)NC(=O)C1CCCN1)C(=O)NC(CS)C(=O)O. The topological polar surface area (TPSA) is 201 Å². The number of hydrogen-bond donors (Lipinski definition) is 8. The molecule has 0 aromatic rings. The van der Waals surface area contributed by atoms with Crippen molar-refractivity contribution in [2.75, 3.05) is 18.8 Å². The van der Waals surface area contributed by atoms with E-state index in [0.717, 1.165) is 13.0 Å². The highest BCUT2D eigenvalue weighted by atomic mass is 32.1. The van der Waals surface area contributed by atoms with Crippen molar-refractivity contribution in [2.45, 2.75) is 56.8 Å². The Labute approximate surface area is 180 Å². The highest BCUT2D eigenvalue weighted by molar-refractivity contribution is 7.80. The zero-order valence-electron chi connectivity index (χ0n) is 16.9. The maximum Gasteiger partial charge on any atom is 0.327 e. The summed E-state index contributed by atoms with van der Waals surface area (Å²) >= 11 is 3.88. The number of nitrogens with two attached hydrogens (primary N) is 2. The van der Waals surface area contributed by atoms with Crippen molar-refractivity contribution in [3.8, 4) is 0 Å². The lowest BCUT2D eigenvalue weighted by atomic mass is 10.1. The molecule has 1 fully saturated rings. The van der Waals surface area contributed by atoms with Gasteiger partial charge < -0.3 is 37.8 Å². The molecule has 12 nitrogen and oxygen atoms in total. The first-order chi connectivity index (χ1) is 14.1. The monoisotopic (exact) mass is 445 g/mol. The Morgan fingerprint density at radius 2 is 1.87 bits per heavy atom. The van der Waals surface area contributed by atoms with Crippen LogP contribution in [0.15, 0.2) is 4.99 Å². The first kappa shape index (κ1) is 25.5. The molecule has 1 aliphatic rings. The summed E-state index contributed by atoms with van der Waals surface area (Å²) in [6.45, 7) is 2.43. The van der Waals surface area contributed by atoms with E-state index in [1.54, 1.807) is 0 Å². The molecule has 30 heavy (non-hydrogen) atoms. The number of carboxylic acids is 1. The summed E-state index contributed by atoms with van der Waals surface area (Å²) < 4.78 is 0. The Bertz CT molecular complexity index is 650. The van der Waals surface area contributed by atoms with E-state index >= 15 is 0 Å². The first-order valence-corrected chi connectivity index (χ1v) is 10.3. The van der Waals surface area contributed by atoms with Crippen LogP contribution < -0.4 is 32.7 Å². The van der Waals surface area contributed by atoms with Gasteiger partial charge in [-0.15, -0.1) is 0 Å². The lowest BCUT2D eigenvalue weighted by Gasteiger charge is -2.23. The van der Waals surface area contributed by atoms with Crippen molar-refractivity contribution in [2.24, 2.45) is 16.5 Å². The van der Waals surface area contributed by atoms with Gasteiger partial charge in [0.05, 0.1) is 6.04 Å². The van der Waals surface area contributed by atoms with Gasteiger partial charge in [-0.05, 0) is 39.2 Å². The van der Waals surface area contributed by atoms with Gasteiger partial charge in [0.25, 0.3) is 0 Å². The lowest BCUT2D eigenvalue weighted by Crippen LogP contribution is -2.56. The fraction of sp³-hybridized carbons (Fsp3) is 0.706. The molecule has 0 radical (unpaired) electrons. The Morgan fingerprint density at radius 3 is 2.40 bits per heavy atom. The van der Waals surface area contributed by atoms with E-state index in [1.165, 1.54) is 6.92 Å². The van der Waals surface area contributed by atoms with Crippen LogP contribution in [0, 0.1) is 0 Å². The van der Waals surface area contributed by atoms with Crippen molar-refractivity contribution < 1.29 is 24.3 Å². The number of nitrogens with one attached hydrogen (secondary N) is 4. The summed E-state index contributed by atoms with van der Waals surface area (Å²) in [5.74, 6) is -2.94. The molecule has 9 N–H and O–H groups in total.